The number of likely N-dealkylation sites (N-methyl/N-ethyl adjacent to an activating group) is 2. The Hall–Kier alpha value is -3.20. The number of nitrogens with one attached hydrogen (secondary N) is 2. The molecule has 0 aromatic carbocycles. The molecule has 0 spiro atoms. The molecule has 31 heavy (non-hydrogen) atoms. The Labute approximate surface area is 182 Å². The van der Waals surface area contributed by atoms with E-state index in [0.717, 1.165) is 24.3 Å². The zero-order valence-corrected chi connectivity index (χ0v) is 19.1. The molecule has 3 aromatic heterocycles. The second-order valence-corrected chi connectivity index (χ2v) is 8.08. The largest absolute Gasteiger partial charge is 0.358 e. The van der Waals surface area contributed by atoms with Crippen molar-refractivity contribution in [2.24, 2.45) is 0 Å². The van der Waals surface area contributed by atoms with Gasteiger partial charge < -0.3 is 20.1 Å². The van der Waals surface area contributed by atoms with Crippen LogP contribution in [-0.2, 0) is 13.1 Å². The molecule has 9 heteroatoms. The summed E-state index contributed by atoms with van der Waals surface area (Å²) >= 11 is 0. The zero-order valence-electron chi connectivity index (χ0n) is 19.1. The highest BCUT2D eigenvalue weighted by atomic mass is 16.1. The minimum Gasteiger partial charge on any atom is -0.358 e. The number of hydrogen-bond donors (Lipinski definition) is 2. The molecule has 0 atom stereocenters. The molecular formula is C22H31N7O2. The molecule has 3 aromatic rings. The van der Waals surface area contributed by atoms with Crippen molar-refractivity contribution in [3.63, 3.8) is 0 Å². The maximum Gasteiger partial charge on any atom is 0.253 e. The van der Waals surface area contributed by atoms with Crippen LogP contribution in [-0.4, -0.2) is 64.8 Å². The maximum atomic E-state index is 13.1. The molecule has 0 unspecified atom stereocenters. The van der Waals surface area contributed by atoms with Gasteiger partial charge in [0.15, 0.2) is 5.65 Å². The molecule has 0 fully saturated rings. The summed E-state index contributed by atoms with van der Waals surface area (Å²) in [5.74, 6) is 0.448. The molecule has 0 saturated heterocycles. The standard InChI is InChI=1S/C22H31N7O2/c1-7-29-20-18(13-24-29)16(11-19(26-20)28(6)9-8-27(4)5)21(30)23-12-17-14(2)10-15(3)25-22(17)31/h10-11,13H,7-9,12H2,1-6H3,(H,23,30)(H,25,31). The van der Waals surface area contributed by atoms with Crippen molar-refractivity contribution < 1.29 is 4.79 Å². The number of aryl methyl sites for hydroxylation is 3. The van der Waals surface area contributed by atoms with Gasteiger partial charge in [0.05, 0.1) is 17.1 Å². The first-order valence-corrected chi connectivity index (χ1v) is 10.4. The van der Waals surface area contributed by atoms with E-state index < -0.39 is 0 Å². The Bertz CT molecular complexity index is 1150. The summed E-state index contributed by atoms with van der Waals surface area (Å²) in [5, 5.41) is 7.98. The predicted molar refractivity (Wildman–Crippen MR) is 123 cm³/mol. The van der Waals surface area contributed by atoms with Gasteiger partial charge in [0.25, 0.3) is 11.5 Å². The highest BCUT2D eigenvalue weighted by molar-refractivity contribution is 6.06. The Kier molecular flexibility index (Phi) is 6.74. The molecular weight excluding hydrogens is 394 g/mol. The Morgan fingerprint density at radius 1 is 1.19 bits per heavy atom. The lowest BCUT2D eigenvalue weighted by atomic mass is 10.1. The monoisotopic (exact) mass is 425 g/mol. The second-order valence-electron chi connectivity index (χ2n) is 8.08. The fraction of sp³-hybridized carbons (Fsp3) is 0.455. The number of aromatic amines is 1. The number of fused-ring (bicyclic) bond motifs is 1. The van der Waals surface area contributed by atoms with E-state index >= 15 is 0 Å². The molecule has 3 heterocycles. The van der Waals surface area contributed by atoms with Gasteiger partial charge in [0.2, 0.25) is 0 Å². The summed E-state index contributed by atoms with van der Waals surface area (Å²) in [6.45, 7) is 8.13. The van der Waals surface area contributed by atoms with Crippen LogP contribution in [0.2, 0.25) is 0 Å². The zero-order chi connectivity index (χ0) is 22.7. The highest BCUT2D eigenvalue weighted by Crippen LogP contribution is 2.23. The van der Waals surface area contributed by atoms with E-state index in [-0.39, 0.29) is 18.0 Å². The second kappa shape index (κ2) is 9.30. The van der Waals surface area contributed by atoms with Crippen molar-refractivity contribution in [2.45, 2.75) is 33.9 Å². The summed E-state index contributed by atoms with van der Waals surface area (Å²) in [5.41, 5.74) is 3.19. The van der Waals surface area contributed by atoms with Gasteiger partial charge in [-0.25, -0.2) is 9.67 Å². The van der Waals surface area contributed by atoms with Crippen LogP contribution in [0.15, 0.2) is 23.1 Å². The molecule has 0 aliphatic heterocycles. The summed E-state index contributed by atoms with van der Waals surface area (Å²) in [6, 6.07) is 3.69. The van der Waals surface area contributed by atoms with Crippen LogP contribution in [0.25, 0.3) is 11.0 Å². The van der Waals surface area contributed by atoms with E-state index in [9.17, 15) is 9.59 Å². The van der Waals surface area contributed by atoms with Crippen LogP contribution in [0, 0.1) is 13.8 Å². The number of pyridine rings is 2. The molecule has 1 amide bonds. The van der Waals surface area contributed by atoms with E-state index in [4.69, 9.17) is 4.98 Å². The lowest BCUT2D eigenvalue weighted by Gasteiger charge is -2.21. The van der Waals surface area contributed by atoms with Crippen LogP contribution in [0.1, 0.15) is 34.1 Å². The third-order valence-corrected chi connectivity index (χ3v) is 5.33. The summed E-state index contributed by atoms with van der Waals surface area (Å²) < 4.78 is 1.78. The lowest BCUT2D eigenvalue weighted by molar-refractivity contribution is 0.0952. The van der Waals surface area contributed by atoms with E-state index in [1.807, 2.05) is 52.9 Å². The summed E-state index contributed by atoms with van der Waals surface area (Å²) in [6.07, 6.45) is 1.67. The van der Waals surface area contributed by atoms with Gasteiger partial charge in [0.1, 0.15) is 5.82 Å². The van der Waals surface area contributed by atoms with E-state index in [1.165, 1.54) is 0 Å². The topological polar surface area (TPSA) is 99.1 Å². The summed E-state index contributed by atoms with van der Waals surface area (Å²) in [4.78, 5) is 37.1. The average molecular weight is 426 g/mol. The van der Waals surface area contributed by atoms with Crippen molar-refractivity contribution in [2.75, 3.05) is 39.1 Å². The van der Waals surface area contributed by atoms with Crippen molar-refractivity contribution in [3.8, 4) is 0 Å². The van der Waals surface area contributed by atoms with Gasteiger partial charge in [-0.2, -0.15) is 5.10 Å². The van der Waals surface area contributed by atoms with Crippen LogP contribution < -0.4 is 15.8 Å². The number of carbonyl (C=O) groups excluding carboxylic acids is 1. The third kappa shape index (κ3) is 4.93. The molecule has 0 aliphatic rings. The van der Waals surface area contributed by atoms with Gasteiger partial charge in [0, 0.05) is 44.5 Å². The van der Waals surface area contributed by atoms with Crippen molar-refractivity contribution in [1.29, 1.82) is 0 Å². The van der Waals surface area contributed by atoms with Crippen LogP contribution >= 0.6 is 0 Å². The van der Waals surface area contributed by atoms with Gasteiger partial charge >= 0.3 is 0 Å². The molecule has 0 radical (unpaired) electrons. The molecule has 3 rings (SSSR count). The van der Waals surface area contributed by atoms with E-state index in [0.29, 0.717) is 34.5 Å². The molecule has 2 N–H and O–H groups in total. The number of aromatic nitrogens is 4. The van der Waals surface area contributed by atoms with Gasteiger partial charge in [-0.3, -0.25) is 9.59 Å². The number of nitrogens with zero attached hydrogens (tertiary/aromatic N) is 5. The van der Waals surface area contributed by atoms with E-state index in [2.05, 4.69) is 20.3 Å². The fourth-order valence-electron chi connectivity index (χ4n) is 3.48. The first-order chi connectivity index (χ1) is 14.7. The van der Waals surface area contributed by atoms with E-state index in [1.54, 1.807) is 16.9 Å². The quantitative estimate of drug-likeness (QED) is 0.570. The Morgan fingerprint density at radius 3 is 2.58 bits per heavy atom. The minimum atomic E-state index is -0.260. The van der Waals surface area contributed by atoms with Crippen molar-refractivity contribution in [1.82, 2.24) is 30.0 Å². The van der Waals surface area contributed by atoms with Gasteiger partial charge in [-0.1, -0.05) is 0 Å². The fourth-order valence-corrected chi connectivity index (χ4v) is 3.48. The number of rotatable bonds is 8. The number of anilines is 1. The molecule has 166 valence electrons. The number of carbonyl (C=O) groups is 1. The summed E-state index contributed by atoms with van der Waals surface area (Å²) in [7, 11) is 6.00. The lowest BCUT2D eigenvalue weighted by Crippen LogP contribution is -2.30. The predicted octanol–water partition coefficient (Wildman–Crippen LogP) is 1.68. The minimum absolute atomic E-state index is 0.151. The van der Waals surface area contributed by atoms with Crippen LogP contribution in [0.5, 0.6) is 0 Å². The molecule has 0 bridgehead atoms. The third-order valence-electron chi connectivity index (χ3n) is 5.33. The van der Waals surface area contributed by atoms with Gasteiger partial charge in [-0.15, -0.1) is 0 Å². The first-order valence-electron chi connectivity index (χ1n) is 10.4. The molecule has 0 saturated carbocycles. The molecule has 0 aliphatic carbocycles. The SMILES string of the molecule is CCn1ncc2c(C(=O)NCc3c(C)cc(C)[nH]c3=O)cc(N(C)CCN(C)C)nc21. The smallest absolute Gasteiger partial charge is 0.253 e. The van der Waals surface area contributed by atoms with Gasteiger partial charge in [-0.05, 0) is 52.6 Å². The number of H-pyrrole nitrogens is 1. The average Bonchev–Trinajstić information content (AvgIpc) is 3.13. The Morgan fingerprint density at radius 2 is 1.94 bits per heavy atom. The number of hydrogen-bond acceptors (Lipinski definition) is 6. The van der Waals surface area contributed by atoms with Crippen LogP contribution in [0.4, 0.5) is 5.82 Å². The van der Waals surface area contributed by atoms with Crippen molar-refractivity contribution in [3.05, 3.63) is 51.1 Å². The number of amides is 1. The molecule has 9 nitrogen and oxygen atoms in total. The Balaban J connectivity index is 1.93. The highest BCUT2D eigenvalue weighted by Gasteiger charge is 2.18. The van der Waals surface area contributed by atoms with Crippen molar-refractivity contribution >= 4 is 22.8 Å². The normalized spacial score (nSPS) is 11.3. The van der Waals surface area contributed by atoms with Crippen LogP contribution in [0.3, 0.4) is 0 Å². The maximum absolute atomic E-state index is 13.1. The first kappa shape index (κ1) is 22.5.